The van der Waals surface area contributed by atoms with E-state index in [1.807, 2.05) is 0 Å². The Labute approximate surface area is 267 Å². The maximum absolute atomic E-state index is 6.53. The molecule has 216 valence electrons. The van der Waals surface area contributed by atoms with Gasteiger partial charge in [-0.2, -0.15) is 0 Å². The van der Waals surface area contributed by atoms with Gasteiger partial charge in [-0.15, -0.1) is 0 Å². The van der Waals surface area contributed by atoms with Gasteiger partial charge in [-0.05, 0) is 107 Å². The van der Waals surface area contributed by atoms with Crippen molar-refractivity contribution >= 4 is 54.3 Å². The highest BCUT2D eigenvalue weighted by atomic mass is 16.3. The molecule has 0 saturated carbocycles. The zero-order chi connectivity index (χ0) is 30.6. The van der Waals surface area contributed by atoms with Crippen molar-refractivity contribution in [2.24, 2.45) is 0 Å². The van der Waals surface area contributed by atoms with E-state index in [1.165, 1.54) is 76.8 Å². The second kappa shape index (κ2) is 9.19. The average molecular weight is 587 g/mol. The number of fused-ring (bicyclic) bond motifs is 9. The molecule has 0 bridgehead atoms. The molecular formula is C45H30O. The molecule has 0 N–H and O–H groups in total. The summed E-state index contributed by atoms with van der Waals surface area (Å²) < 4.78 is 6.53. The van der Waals surface area contributed by atoms with Crippen LogP contribution in [0.15, 0.2) is 150 Å². The fourth-order valence-electron chi connectivity index (χ4n) is 8.24. The summed E-state index contributed by atoms with van der Waals surface area (Å²) in [5, 5.41) is 9.75. The van der Waals surface area contributed by atoms with Crippen LogP contribution in [-0.4, -0.2) is 0 Å². The summed E-state index contributed by atoms with van der Waals surface area (Å²) in [4.78, 5) is 0. The lowest BCUT2D eigenvalue weighted by atomic mass is 9.81. The van der Waals surface area contributed by atoms with E-state index in [-0.39, 0.29) is 5.41 Å². The molecule has 0 amide bonds. The van der Waals surface area contributed by atoms with E-state index in [9.17, 15) is 0 Å². The topological polar surface area (TPSA) is 13.1 Å². The van der Waals surface area contributed by atoms with Crippen LogP contribution >= 0.6 is 0 Å². The fraction of sp³-hybridized carbons (Fsp3) is 0.0667. The van der Waals surface area contributed by atoms with Crippen LogP contribution < -0.4 is 0 Å². The molecule has 0 unspecified atom stereocenters. The van der Waals surface area contributed by atoms with Crippen molar-refractivity contribution in [3.8, 4) is 33.4 Å². The number of rotatable bonds is 2. The van der Waals surface area contributed by atoms with Crippen molar-refractivity contribution in [2.75, 3.05) is 0 Å². The van der Waals surface area contributed by atoms with Crippen molar-refractivity contribution in [3.05, 3.63) is 157 Å². The Kier molecular flexibility index (Phi) is 5.12. The first-order chi connectivity index (χ1) is 22.6. The minimum Gasteiger partial charge on any atom is -0.456 e. The van der Waals surface area contributed by atoms with Crippen molar-refractivity contribution in [1.29, 1.82) is 0 Å². The van der Waals surface area contributed by atoms with Gasteiger partial charge in [-0.1, -0.05) is 129 Å². The zero-order valence-corrected chi connectivity index (χ0v) is 25.8. The van der Waals surface area contributed by atoms with Crippen LogP contribution in [0.4, 0.5) is 0 Å². The standard InChI is InChI=1S/C45H30O/c1-45(2)39-18-10-9-13-31(39)37-24-29(20-22-40(37)45)43-33-14-5-7-16-35(33)44(36-17-8-6-15-34(36)43)30-19-21-32-38-23-27-11-3-4-12-28(27)25-42(38)46-41(32)26-30/h3-26H,1-2H3. The van der Waals surface area contributed by atoms with Crippen LogP contribution in [0.25, 0.3) is 87.6 Å². The molecule has 1 aliphatic carbocycles. The van der Waals surface area contributed by atoms with Crippen LogP contribution in [0.3, 0.4) is 0 Å². The van der Waals surface area contributed by atoms with Crippen molar-refractivity contribution in [2.45, 2.75) is 19.3 Å². The highest BCUT2D eigenvalue weighted by molar-refractivity contribution is 6.22. The molecular weight excluding hydrogens is 556 g/mol. The van der Waals surface area contributed by atoms with Gasteiger partial charge in [-0.25, -0.2) is 0 Å². The molecule has 0 radical (unpaired) electrons. The second-order valence-electron chi connectivity index (χ2n) is 13.3. The quantitative estimate of drug-likeness (QED) is 0.184. The van der Waals surface area contributed by atoms with Gasteiger partial charge < -0.3 is 4.42 Å². The lowest BCUT2D eigenvalue weighted by Gasteiger charge is -2.22. The van der Waals surface area contributed by atoms with Gasteiger partial charge in [0.2, 0.25) is 0 Å². The predicted octanol–water partition coefficient (Wildman–Crippen LogP) is 12.7. The Bertz CT molecular complexity index is 2660. The molecule has 1 aliphatic rings. The fourth-order valence-corrected chi connectivity index (χ4v) is 8.24. The lowest BCUT2D eigenvalue weighted by molar-refractivity contribution is 0.660. The molecule has 1 aromatic heterocycles. The summed E-state index contributed by atoms with van der Waals surface area (Å²) in [6, 6.07) is 53.5. The van der Waals surface area contributed by atoms with Crippen LogP contribution in [0.2, 0.25) is 0 Å². The van der Waals surface area contributed by atoms with Crippen LogP contribution in [0, 0.1) is 0 Å². The van der Waals surface area contributed by atoms with Gasteiger partial charge in [0.15, 0.2) is 0 Å². The van der Waals surface area contributed by atoms with Gasteiger partial charge in [0.05, 0.1) is 0 Å². The number of furan rings is 1. The van der Waals surface area contributed by atoms with E-state index < -0.39 is 0 Å². The summed E-state index contributed by atoms with van der Waals surface area (Å²) in [5.41, 5.74) is 12.3. The van der Waals surface area contributed by atoms with E-state index in [2.05, 4.69) is 159 Å². The maximum atomic E-state index is 6.53. The number of benzene rings is 8. The second-order valence-corrected chi connectivity index (χ2v) is 13.3. The molecule has 0 fully saturated rings. The van der Waals surface area contributed by atoms with E-state index in [0.29, 0.717) is 0 Å². The van der Waals surface area contributed by atoms with Gasteiger partial charge in [0, 0.05) is 16.2 Å². The largest absolute Gasteiger partial charge is 0.456 e. The Morgan fingerprint density at radius 3 is 1.61 bits per heavy atom. The van der Waals surface area contributed by atoms with Crippen LogP contribution in [0.5, 0.6) is 0 Å². The summed E-state index contributed by atoms with van der Waals surface area (Å²) in [6.45, 7) is 4.69. The summed E-state index contributed by atoms with van der Waals surface area (Å²) in [7, 11) is 0. The van der Waals surface area contributed by atoms with Gasteiger partial charge in [0.25, 0.3) is 0 Å². The Hall–Kier alpha value is -5.66. The van der Waals surface area contributed by atoms with Crippen LogP contribution in [-0.2, 0) is 5.41 Å². The average Bonchev–Trinajstić information content (AvgIpc) is 3.56. The molecule has 10 rings (SSSR count). The molecule has 0 saturated heterocycles. The van der Waals surface area contributed by atoms with E-state index in [0.717, 1.165) is 21.9 Å². The minimum absolute atomic E-state index is 0.0134. The first-order valence-electron chi connectivity index (χ1n) is 16.1. The summed E-state index contributed by atoms with van der Waals surface area (Å²) >= 11 is 0. The number of hydrogen-bond donors (Lipinski definition) is 0. The molecule has 1 heterocycles. The van der Waals surface area contributed by atoms with Crippen LogP contribution in [0.1, 0.15) is 25.0 Å². The highest BCUT2D eigenvalue weighted by Crippen LogP contribution is 2.51. The Morgan fingerprint density at radius 2 is 0.913 bits per heavy atom. The molecule has 0 atom stereocenters. The maximum Gasteiger partial charge on any atom is 0.136 e. The minimum atomic E-state index is -0.0134. The normalized spacial score (nSPS) is 13.6. The van der Waals surface area contributed by atoms with Crippen molar-refractivity contribution in [1.82, 2.24) is 0 Å². The lowest BCUT2D eigenvalue weighted by Crippen LogP contribution is -2.14. The van der Waals surface area contributed by atoms with Crippen molar-refractivity contribution < 1.29 is 4.42 Å². The highest BCUT2D eigenvalue weighted by Gasteiger charge is 2.35. The third kappa shape index (κ3) is 3.46. The summed E-state index contributed by atoms with van der Waals surface area (Å²) in [6.07, 6.45) is 0. The first kappa shape index (κ1) is 25.6. The predicted molar refractivity (Wildman–Crippen MR) is 195 cm³/mol. The smallest absolute Gasteiger partial charge is 0.136 e. The van der Waals surface area contributed by atoms with Crippen molar-refractivity contribution in [3.63, 3.8) is 0 Å². The number of hydrogen-bond acceptors (Lipinski definition) is 1. The molecule has 1 heteroatoms. The molecule has 0 spiro atoms. The third-order valence-corrected chi connectivity index (χ3v) is 10.4. The molecule has 0 aliphatic heterocycles. The molecule has 8 aromatic carbocycles. The first-order valence-corrected chi connectivity index (χ1v) is 16.1. The van der Waals surface area contributed by atoms with E-state index in [4.69, 9.17) is 4.42 Å². The van der Waals surface area contributed by atoms with E-state index in [1.54, 1.807) is 0 Å². The Balaban J connectivity index is 1.23. The third-order valence-electron chi connectivity index (χ3n) is 10.4. The monoisotopic (exact) mass is 586 g/mol. The molecule has 1 nitrogen and oxygen atoms in total. The van der Waals surface area contributed by atoms with Gasteiger partial charge >= 0.3 is 0 Å². The molecule has 9 aromatic rings. The zero-order valence-electron chi connectivity index (χ0n) is 25.8. The SMILES string of the molecule is CC1(C)c2ccccc2-c2cc(-c3c4ccccc4c(-c4ccc5c(c4)oc4cc6ccccc6cc45)c4ccccc34)ccc21. The van der Waals surface area contributed by atoms with E-state index >= 15 is 0 Å². The summed E-state index contributed by atoms with van der Waals surface area (Å²) in [5.74, 6) is 0. The Morgan fingerprint density at radius 1 is 0.391 bits per heavy atom. The molecule has 46 heavy (non-hydrogen) atoms. The van der Waals surface area contributed by atoms with Gasteiger partial charge in [0.1, 0.15) is 11.2 Å². The van der Waals surface area contributed by atoms with Gasteiger partial charge in [-0.3, -0.25) is 0 Å².